The van der Waals surface area contributed by atoms with Gasteiger partial charge in [0.15, 0.2) is 0 Å². The van der Waals surface area contributed by atoms with Gasteiger partial charge in [-0.3, -0.25) is 0 Å². The van der Waals surface area contributed by atoms with Gasteiger partial charge in [0.05, 0.1) is 8.07 Å². The second kappa shape index (κ2) is 14.6. The first kappa shape index (κ1) is 38.2. The Labute approximate surface area is 351 Å². The van der Waals surface area contributed by atoms with E-state index in [2.05, 4.69) is 185 Å². The third-order valence-corrected chi connectivity index (χ3v) is 16.2. The van der Waals surface area contributed by atoms with Crippen LogP contribution in [0.2, 0.25) is 13.1 Å². The first-order valence-corrected chi connectivity index (χ1v) is 21.5. The number of hydrogen-bond donors (Lipinski definition) is 0. The van der Waals surface area contributed by atoms with Crippen LogP contribution < -0.4 is 24.8 Å². The molecule has 8 aromatic carbocycles. The summed E-state index contributed by atoms with van der Waals surface area (Å²) >= 11 is 0. The molecule has 0 fully saturated rings. The van der Waals surface area contributed by atoms with Gasteiger partial charge in [0.2, 0.25) is 0 Å². The van der Waals surface area contributed by atoms with Crippen molar-refractivity contribution in [1.82, 2.24) is 0 Å². The van der Waals surface area contributed by atoms with Crippen LogP contribution in [-0.2, 0) is 26.2 Å². The summed E-state index contributed by atoms with van der Waals surface area (Å²) in [7, 11) is -2.31. The molecule has 4 heteroatoms. The SMILES string of the molecule is Cc1cc(C2=Cc3ccccc3C2[Si](C)(C)C2C(c3cc(C)cc4ccc5ccccc5c34)=Cc3ccccc32)c2c(ccc3ccccc32)c1.[Cl-].[Cl-].[Zr+2]. The molecule has 2 aliphatic rings. The van der Waals surface area contributed by atoms with E-state index >= 15 is 0 Å². The maximum absolute atomic E-state index is 2.68. The van der Waals surface area contributed by atoms with E-state index in [0.717, 1.165) is 0 Å². The molecule has 0 heterocycles. The molecule has 0 nitrogen and oxygen atoms in total. The van der Waals surface area contributed by atoms with Crippen molar-refractivity contribution in [2.45, 2.75) is 38.0 Å². The Morgan fingerprint density at radius 2 is 0.796 bits per heavy atom. The molecule has 0 bridgehead atoms. The minimum Gasteiger partial charge on any atom is -1.00 e. The van der Waals surface area contributed by atoms with Gasteiger partial charge in [-0.05, 0) is 113 Å². The van der Waals surface area contributed by atoms with E-state index in [4.69, 9.17) is 0 Å². The Morgan fingerprint density at radius 1 is 0.426 bits per heavy atom. The number of allylic oxidation sites excluding steroid dienone is 2. The molecule has 0 saturated carbocycles. The zero-order chi connectivity index (χ0) is 34.4. The average molecular weight is 831 g/mol. The summed E-state index contributed by atoms with van der Waals surface area (Å²) in [6.45, 7) is 9.89. The van der Waals surface area contributed by atoms with Crippen LogP contribution in [0.1, 0.15) is 55.6 Å². The van der Waals surface area contributed by atoms with Crippen LogP contribution in [0.15, 0.2) is 146 Å². The van der Waals surface area contributed by atoms with Gasteiger partial charge in [0.25, 0.3) is 0 Å². The van der Waals surface area contributed by atoms with Crippen LogP contribution in [0.5, 0.6) is 0 Å². The van der Waals surface area contributed by atoms with E-state index < -0.39 is 8.07 Å². The number of halogens is 2. The maximum Gasteiger partial charge on any atom is 2.00 e. The predicted octanol–water partition coefficient (Wildman–Crippen LogP) is 7.68. The van der Waals surface area contributed by atoms with E-state index in [1.807, 2.05) is 0 Å². The van der Waals surface area contributed by atoms with E-state index in [9.17, 15) is 0 Å². The largest absolute Gasteiger partial charge is 2.00 e. The summed E-state index contributed by atoms with van der Waals surface area (Å²) < 4.78 is 0. The first-order valence-electron chi connectivity index (χ1n) is 18.3. The van der Waals surface area contributed by atoms with Crippen molar-refractivity contribution in [3.8, 4) is 0 Å². The fraction of sp³-hybridized carbons (Fsp3) is 0.120. The Kier molecular flexibility index (Phi) is 10.3. The second-order valence-electron chi connectivity index (χ2n) is 15.5. The van der Waals surface area contributed by atoms with E-state index in [1.165, 1.54) is 98.7 Å². The second-order valence-corrected chi connectivity index (χ2v) is 20.3. The number of rotatable bonds is 4. The van der Waals surface area contributed by atoms with Gasteiger partial charge in [-0.15, -0.1) is 0 Å². The van der Waals surface area contributed by atoms with Crippen LogP contribution in [0.4, 0.5) is 0 Å². The molecular formula is C50H40Cl2SiZr. The molecule has 0 amide bonds. The third-order valence-electron chi connectivity index (χ3n) is 11.9. The van der Waals surface area contributed by atoms with Gasteiger partial charge in [-0.2, -0.15) is 0 Å². The van der Waals surface area contributed by atoms with E-state index in [1.54, 1.807) is 0 Å². The van der Waals surface area contributed by atoms with Gasteiger partial charge >= 0.3 is 26.2 Å². The number of aryl methyl sites for hydroxylation is 2. The van der Waals surface area contributed by atoms with E-state index in [0.29, 0.717) is 11.1 Å². The van der Waals surface area contributed by atoms with Crippen molar-refractivity contribution in [3.63, 3.8) is 0 Å². The van der Waals surface area contributed by atoms with Crippen LogP contribution >= 0.6 is 0 Å². The van der Waals surface area contributed by atoms with E-state index in [-0.39, 0.29) is 51.0 Å². The molecule has 0 saturated heterocycles. The molecule has 2 aliphatic carbocycles. The molecule has 0 radical (unpaired) electrons. The summed E-state index contributed by atoms with van der Waals surface area (Å²) in [6.07, 6.45) is 5.09. The molecule has 54 heavy (non-hydrogen) atoms. The number of hydrogen-bond acceptors (Lipinski definition) is 0. The monoisotopic (exact) mass is 828 g/mol. The van der Waals surface area contributed by atoms with Crippen molar-refractivity contribution in [3.05, 3.63) is 190 Å². The van der Waals surface area contributed by atoms with Gasteiger partial charge in [0.1, 0.15) is 0 Å². The normalized spacial score (nSPS) is 15.9. The minimum absolute atomic E-state index is 0. The fourth-order valence-electron chi connectivity index (χ4n) is 9.93. The predicted molar refractivity (Wildman–Crippen MR) is 224 cm³/mol. The number of benzene rings is 8. The maximum atomic E-state index is 2.68. The van der Waals surface area contributed by atoms with Crippen LogP contribution in [0.3, 0.4) is 0 Å². The summed E-state index contributed by atoms with van der Waals surface area (Å²) in [6, 6.07) is 55.3. The topological polar surface area (TPSA) is 0 Å². The Morgan fingerprint density at radius 3 is 1.24 bits per heavy atom. The fourth-order valence-corrected chi connectivity index (χ4v) is 14.5. The summed E-state index contributed by atoms with van der Waals surface area (Å²) in [5.41, 5.74) is 14.7. The molecule has 0 spiro atoms. The molecule has 0 N–H and O–H groups in total. The molecule has 2 unspecified atom stereocenters. The van der Waals surface area contributed by atoms with Crippen LogP contribution in [0, 0.1) is 13.8 Å². The number of fused-ring (bicyclic) bond motifs is 8. The first-order chi connectivity index (χ1) is 24.9. The van der Waals surface area contributed by atoms with Gasteiger partial charge in [0, 0.05) is 11.1 Å². The molecule has 0 aliphatic heterocycles. The standard InChI is InChI=1S/C50H40Si.2ClH.Zr/c1-31-25-37-23-21-33-13-5-9-17-39(33)47(37)43(27-31)45-29-35-15-7-11-19-41(35)49(45)51(3,4)50-42-20-12-8-16-36(42)30-46(50)44-28-32(2)26-38-24-22-34-14-6-10-18-40(34)48(38)44;;;/h5-30,49-50H,1-4H3;2*1H;/q;;;+2/p-2. The molecule has 2 atom stereocenters. The molecular weight excluding hydrogens is 791 g/mol. The zero-order valence-corrected chi connectivity index (χ0v) is 35.9. The average Bonchev–Trinajstić information content (AvgIpc) is 3.74. The van der Waals surface area contributed by atoms with Crippen LogP contribution in [0.25, 0.3) is 66.4 Å². The smallest absolute Gasteiger partial charge is 1.00 e. The molecule has 262 valence electrons. The Bertz CT molecular complexity index is 2640. The van der Waals surface area contributed by atoms with Gasteiger partial charge in [-0.1, -0.05) is 171 Å². The van der Waals surface area contributed by atoms with Crippen molar-refractivity contribution >= 4 is 74.5 Å². The molecule has 8 aromatic rings. The summed E-state index contributed by atoms with van der Waals surface area (Å²) in [5.74, 6) is 0. The molecule has 0 aromatic heterocycles. The van der Waals surface area contributed by atoms with Gasteiger partial charge < -0.3 is 24.8 Å². The third kappa shape index (κ3) is 5.89. The van der Waals surface area contributed by atoms with Gasteiger partial charge in [-0.25, -0.2) is 0 Å². The Hall–Kier alpha value is -4.04. The van der Waals surface area contributed by atoms with Crippen LogP contribution in [-0.4, -0.2) is 8.07 Å². The van der Waals surface area contributed by atoms with Crippen molar-refractivity contribution in [2.75, 3.05) is 0 Å². The minimum atomic E-state index is -2.31. The summed E-state index contributed by atoms with van der Waals surface area (Å²) in [5, 5.41) is 10.7. The molecule has 10 rings (SSSR count). The van der Waals surface area contributed by atoms with Crippen molar-refractivity contribution < 1.29 is 51.0 Å². The van der Waals surface area contributed by atoms with Crippen molar-refractivity contribution in [1.29, 1.82) is 0 Å². The summed E-state index contributed by atoms with van der Waals surface area (Å²) in [4.78, 5) is 0. The zero-order valence-electron chi connectivity index (χ0n) is 30.9. The Balaban J connectivity index is 0.00000150. The van der Waals surface area contributed by atoms with Crippen molar-refractivity contribution in [2.24, 2.45) is 0 Å². The quantitative estimate of drug-likeness (QED) is 0.126.